The van der Waals surface area contributed by atoms with Gasteiger partial charge in [0.05, 0.1) is 24.9 Å². The maximum Gasteiger partial charge on any atom is 0.311 e. The average Bonchev–Trinajstić information content (AvgIpc) is 2.80. The first kappa shape index (κ1) is 12.3. The van der Waals surface area contributed by atoms with Crippen LogP contribution in [0, 0.1) is 5.92 Å². The molecule has 0 aliphatic carbocycles. The van der Waals surface area contributed by atoms with Gasteiger partial charge in [0.15, 0.2) is 0 Å². The lowest BCUT2D eigenvalue weighted by molar-refractivity contribution is -0.145. The van der Waals surface area contributed by atoms with Crippen molar-refractivity contribution in [2.24, 2.45) is 5.92 Å². The van der Waals surface area contributed by atoms with E-state index in [2.05, 4.69) is 15.0 Å². The Kier molecular flexibility index (Phi) is 3.45. The highest BCUT2D eigenvalue weighted by Gasteiger charge is 2.35. The summed E-state index contributed by atoms with van der Waals surface area (Å²) in [4.78, 5) is 29.0. The highest BCUT2D eigenvalue weighted by molar-refractivity contribution is 5.99. The number of anilines is 2. The molecule has 0 bridgehead atoms. The molecule has 1 atom stereocenters. The molecule has 0 aromatic carbocycles. The van der Waals surface area contributed by atoms with Crippen LogP contribution in [0.4, 0.5) is 11.5 Å². The molecular weight excluding hydrogens is 234 g/mol. The third-order valence-electron chi connectivity index (χ3n) is 2.98. The number of hydrogen-bond donors (Lipinski definition) is 1. The molecule has 1 aromatic rings. The number of nitrogens with one attached hydrogen (secondary N) is 1. The van der Waals surface area contributed by atoms with Gasteiger partial charge in [-0.25, -0.2) is 4.98 Å². The van der Waals surface area contributed by atoms with Gasteiger partial charge in [0.25, 0.3) is 0 Å². The largest absolute Gasteiger partial charge is 0.469 e. The van der Waals surface area contributed by atoms with Gasteiger partial charge in [-0.1, -0.05) is 0 Å². The Bertz CT molecular complexity index is 458. The molecule has 2 heterocycles. The van der Waals surface area contributed by atoms with Crippen molar-refractivity contribution in [3.8, 4) is 0 Å². The lowest BCUT2D eigenvalue weighted by atomic mass is 10.1. The monoisotopic (exact) mass is 249 g/mol. The smallest absolute Gasteiger partial charge is 0.311 e. The van der Waals surface area contributed by atoms with E-state index in [4.69, 9.17) is 0 Å². The Morgan fingerprint density at radius 1 is 1.56 bits per heavy atom. The third-order valence-corrected chi connectivity index (χ3v) is 2.98. The highest BCUT2D eigenvalue weighted by atomic mass is 16.5. The number of rotatable bonds is 3. The van der Waals surface area contributed by atoms with E-state index >= 15 is 0 Å². The van der Waals surface area contributed by atoms with Crippen LogP contribution in [0.5, 0.6) is 0 Å². The average molecular weight is 249 g/mol. The van der Waals surface area contributed by atoms with Crippen LogP contribution in [-0.4, -0.2) is 37.6 Å². The zero-order chi connectivity index (χ0) is 13.1. The number of amides is 1. The van der Waals surface area contributed by atoms with Crippen molar-refractivity contribution in [2.45, 2.75) is 6.42 Å². The first-order valence-electron chi connectivity index (χ1n) is 5.67. The Morgan fingerprint density at radius 3 is 2.89 bits per heavy atom. The van der Waals surface area contributed by atoms with E-state index in [0.717, 1.165) is 5.82 Å². The predicted molar refractivity (Wildman–Crippen MR) is 66.3 cm³/mol. The minimum Gasteiger partial charge on any atom is -0.469 e. The number of ether oxygens (including phenoxy) is 1. The number of methoxy groups -OCH3 is 1. The zero-order valence-electron chi connectivity index (χ0n) is 10.3. The van der Waals surface area contributed by atoms with Gasteiger partial charge < -0.3 is 15.0 Å². The van der Waals surface area contributed by atoms with E-state index in [9.17, 15) is 9.59 Å². The molecule has 1 saturated heterocycles. The minimum absolute atomic E-state index is 0.0793. The van der Waals surface area contributed by atoms with Crippen LogP contribution in [0.3, 0.4) is 0 Å². The normalized spacial score (nSPS) is 18.9. The van der Waals surface area contributed by atoms with Crippen LogP contribution >= 0.6 is 0 Å². The van der Waals surface area contributed by atoms with Gasteiger partial charge in [-0.15, -0.1) is 0 Å². The van der Waals surface area contributed by atoms with Crippen LogP contribution in [0.1, 0.15) is 6.42 Å². The number of pyridine rings is 1. The van der Waals surface area contributed by atoms with Crippen molar-refractivity contribution in [3.63, 3.8) is 0 Å². The van der Waals surface area contributed by atoms with Crippen molar-refractivity contribution in [3.05, 3.63) is 18.3 Å². The predicted octanol–water partition coefficient (Wildman–Crippen LogP) is 0.649. The maximum absolute atomic E-state index is 11.8. The summed E-state index contributed by atoms with van der Waals surface area (Å²) >= 11 is 0. The summed E-state index contributed by atoms with van der Waals surface area (Å²) in [7, 11) is 3.11. The molecule has 6 nitrogen and oxygen atoms in total. The van der Waals surface area contributed by atoms with Crippen molar-refractivity contribution < 1.29 is 14.3 Å². The molecule has 1 aliphatic rings. The fourth-order valence-corrected chi connectivity index (χ4v) is 1.98. The molecule has 1 aliphatic heterocycles. The van der Waals surface area contributed by atoms with Crippen molar-refractivity contribution in [2.75, 3.05) is 30.9 Å². The molecule has 1 aromatic heterocycles. The molecule has 0 saturated carbocycles. The molecule has 6 heteroatoms. The second-order valence-electron chi connectivity index (χ2n) is 4.08. The summed E-state index contributed by atoms with van der Waals surface area (Å²) in [5, 5.41) is 2.90. The van der Waals surface area contributed by atoms with Crippen molar-refractivity contribution in [1.82, 2.24) is 4.98 Å². The second-order valence-corrected chi connectivity index (χ2v) is 4.08. The molecule has 0 spiro atoms. The molecule has 1 N–H and O–H groups in total. The van der Waals surface area contributed by atoms with E-state index in [-0.39, 0.29) is 24.2 Å². The minimum atomic E-state index is -0.383. The molecular formula is C12H15N3O3. The van der Waals surface area contributed by atoms with Gasteiger partial charge in [-0.2, -0.15) is 0 Å². The number of carbonyl (C=O) groups is 2. The SMILES string of the molecule is CNc1ccc(N2CC(C(=O)OC)CC2=O)cn1. The lowest BCUT2D eigenvalue weighted by Crippen LogP contribution is -2.26. The van der Waals surface area contributed by atoms with Crippen LogP contribution in [-0.2, 0) is 14.3 Å². The number of carbonyl (C=O) groups excluding carboxylic acids is 2. The number of aromatic nitrogens is 1. The van der Waals surface area contributed by atoms with Crippen LogP contribution in [0.2, 0.25) is 0 Å². The fraction of sp³-hybridized carbons (Fsp3) is 0.417. The Hall–Kier alpha value is -2.11. The van der Waals surface area contributed by atoms with Crippen LogP contribution in [0.15, 0.2) is 18.3 Å². The quantitative estimate of drug-likeness (QED) is 0.796. The van der Waals surface area contributed by atoms with Gasteiger partial charge in [-0.3, -0.25) is 9.59 Å². The van der Waals surface area contributed by atoms with Gasteiger partial charge in [-0.05, 0) is 12.1 Å². The molecule has 1 amide bonds. The summed E-state index contributed by atoms with van der Waals surface area (Å²) in [6.45, 7) is 0.353. The van der Waals surface area contributed by atoms with E-state index in [1.54, 1.807) is 30.3 Å². The van der Waals surface area contributed by atoms with E-state index in [0.29, 0.717) is 12.2 Å². The van der Waals surface area contributed by atoms with Gasteiger partial charge >= 0.3 is 5.97 Å². The standard InChI is InChI=1S/C12H15N3O3/c1-13-10-4-3-9(6-14-10)15-7-8(5-11(15)16)12(17)18-2/h3-4,6,8H,5,7H2,1-2H3,(H,13,14). The summed E-state index contributed by atoms with van der Waals surface area (Å²) in [5.41, 5.74) is 0.699. The Balaban J connectivity index is 2.13. The molecule has 2 rings (SSSR count). The van der Waals surface area contributed by atoms with Gasteiger partial charge in [0, 0.05) is 20.0 Å². The topological polar surface area (TPSA) is 71.5 Å². The van der Waals surface area contributed by atoms with Crippen LogP contribution < -0.4 is 10.2 Å². The molecule has 18 heavy (non-hydrogen) atoms. The van der Waals surface area contributed by atoms with Crippen molar-refractivity contribution >= 4 is 23.4 Å². The number of esters is 1. The molecule has 1 unspecified atom stereocenters. The van der Waals surface area contributed by atoms with E-state index < -0.39 is 0 Å². The number of hydrogen-bond acceptors (Lipinski definition) is 5. The molecule has 96 valence electrons. The highest BCUT2D eigenvalue weighted by Crippen LogP contribution is 2.25. The second kappa shape index (κ2) is 5.03. The summed E-state index contributed by atoms with van der Waals surface area (Å²) in [5.74, 6) is -0.0727. The van der Waals surface area contributed by atoms with Gasteiger partial charge in [0.1, 0.15) is 5.82 Å². The first-order valence-corrected chi connectivity index (χ1v) is 5.67. The Labute approximate surface area is 105 Å². The molecule has 1 fully saturated rings. The maximum atomic E-state index is 11.8. The number of nitrogens with zero attached hydrogens (tertiary/aromatic N) is 2. The van der Waals surface area contributed by atoms with Crippen molar-refractivity contribution in [1.29, 1.82) is 0 Å². The fourth-order valence-electron chi connectivity index (χ4n) is 1.98. The zero-order valence-corrected chi connectivity index (χ0v) is 10.3. The third kappa shape index (κ3) is 2.27. The van der Waals surface area contributed by atoms with E-state index in [1.165, 1.54) is 7.11 Å². The summed E-state index contributed by atoms with van der Waals surface area (Å²) in [6.07, 6.45) is 1.81. The van der Waals surface area contributed by atoms with Gasteiger partial charge in [0.2, 0.25) is 5.91 Å². The first-order chi connectivity index (χ1) is 8.65. The van der Waals surface area contributed by atoms with Crippen LogP contribution in [0.25, 0.3) is 0 Å². The molecule has 0 radical (unpaired) electrons. The lowest BCUT2D eigenvalue weighted by Gasteiger charge is -2.16. The Morgan fingerprint density at radius 2 is 2.33 bits per heavy atom. The summed E-state index contributed by atoms with van der Waals surface area (Å²) in [6, 6.07) is 3.59. The summed E-state index contributed by atoms with van der Waals surface area (Å²) < 4.78 is 4.66. The van der Waals surface area contributed by atoms with E-state index in [1.807, 2.05) is 0 Å².